The average Bonchev–Trinajstić information content (AvgIpc) is 3.18. The lowest BCUT2D eigenvalue weighted by atomic mass is 9.97. The quantitative estimate of drug-likeness (QED) is 0.793. The molecule has 2 aromatic heterocycles. The van der Waals surface area contributed by atoms with E-state index < -0.39 is 0 Å². The minimum atomic E-state index is -0.118. The van der Waals surface area contributed by atoms with Crippen LogP contribution in [0.4, 0.5) is 0 Å². The summed E-state index contributed by atoms with van der Waals surface area (Å²) in [5, 5.41) is 8.00. The molecule has 0 N–H and O–H groups in total. The second kappa shape index (κ2) is 6.09. The molecule has 0 unspecified atom stereocenters. The fraction of sp³-hybridized carbons (Fsp3) is 0.500. The van der Waals surface area contributed by atoms with E-state index in [0.717, 1.165) is 25.9 Å². The van der Waals surface area contributed by atoms with Gasteiger partial charge in [-0.15, -0.1) is 10.2 Å². The molecule has 0 radical (unpaired) electrons. The first kappa shape index (κ1) is 13.8. The van der Waals surface area contributed by atoms with Crippen molar-refractivity contribution in [3.63, 3.8) is 0 Å². The average molecular weight is 291 g/mol. The number of rotatable bonds is 4. The molecule has 1 fully saturated rings. The molecule has 7 heteroatoms. The minimum absolute atomic E-state index is 0.00705. The summed E-state index contributed by atoms with van der Waals surface area (Å²) in [6.07, 6.45) is 3.16. The normalized spacial score (nSPS) is 17.0. The lowest BCUT2D eigenvalue weighted by Crippen LogP contribution is -2.36. The first-order valence-electron chi connectivity index (χ1n) is 6.92. The second-order valence-electron chi connectivity index (χ2n) is 5.05. The van der Waals surface area contributed by atoms with Crippen molar-refractivity contribution in [2.75, 3.05) is 20.2 Å². The molecule has 0 amide bonds. The van der Waals surface area contributed by atoms with Gasteiger partial charge in [-0.25, -0.2) is 0 Å². The van der Waals surface area contributed by atoms with Gasteiger partial charge in [-0.05, 0) is 38.1 Å². The van der Waals surface area contributed by atoms with Gasteiger partial charge in [0.15, 0.2) is 5.76 Å². The summed E-state index contributed by atoms with van der Waals surface area (Å²) in [4.78, 5) is 13.7. The number of piperidine rings is 1. The molecule has 2 aromatic rings. The van der Waals surface area contributed by atoms with E-state index in [2.05, 4.69) is 15.1 Å². The number of likely N-dealkylation sites (tertiary alicyclic amines) is 1. The van der Waals surface area contributed by atoms with Gasteiger partial charge < -0.3 is 13.6 Å². The predicted molar refractivity (Wildman–Crippen MR) is 72.0 cm³/mol. The number of aromatic nitrogens is 2. The summed E-state index contributed by atoms with van der Waals surface area (Å²) >= 11 is 0. The van der Waals surface area contributed by atoms with Crippen LogP contribution in [0.15, 0.2) is 27.2 Å². The molecule has 1 aliphatic heterocycles. The van der Waals surface area contributed by atoms with Crippen molar-refractivity contribution in [2.45, 2.75) is 19.4 Å². The van der Waals surface area contributed by atoms with Gasteiger partial charge in [0.2, 0.25) is 5.89 Å². The van der Waals surface area contributed by atoms with Crippen LogP contribution in [-0.4, -0.2) is 41.3 Å². The van der Waals surface area contributed by atoms with Crippen LogP contribution in [0.3, 0.4) is 0 Å². The van der Waals surface area contributed by atoms with E-state index in [9.17, 15) is 4.79 Å². The fourth-order valence-corrected chi connectivity index (χ4v) is 2.50. The predicted octanol–water partition coefficient (Wildman–Crippen LogP) is 1.71. The number of ether oxygens (including phenoxy) is 1. The number of esters is 1. The topological polar surface area (TPSA) is 81.6 Å². The van der Waals surface area contributed by atoms with Crippen molar-refractivity contribution >= 4 is 5.97 Å². The van der Waals surface area contributed by atoms with Crippen LogP contribution < -0.4 is 0 Å². The monoisotopic (exact) mass is 291 g/mol. The number of carbonyl (C=O) groups excluding carboxylic acids is 1. The summed E-state index contributed by atoms with van der Waals surface area (Å²) in [6, 6.07) is 3.55. The third kappa shape index (κ3) is 3.13. The summed E-state index contributed by atoms with van der Waals surface area (Å²) in [5.74, 6) is 1.40. The molecule has 7 nitrogen and oxygen atoms in total. The van der Waals surface area contributed by atoms with Gasteiger partial charge in [-0.1, -0.05) is 0 Å². The molecule has 0 bridgehead atoms. The van der Waals surface area contributed by atoms with Gasteiger partial charge in [0.05, 0.1) is 25.8 Å². The zero-order valence-corrected chi connectivity index (χ0v) is 11.8. The van der Waals surface area contributed by atoms with Crippen molar-refractivity contribution in [3.8, 4) is 11.7 Å². The van der Waals surface area contributed by atoms with Crippen LogP contribution in [0.25, 0.3) is 11.7 Å². The van der Waals surface area contributed by atoms with Crippen molar-refractivity contribution in [1.82, 2.24) is 15.1 Å². The van der Waals surface area contributed by atoms with Crippen molar-refractivity contribution in [2.24, 2.45) is 5.92 Å². The van der Waals surface area contributed by atoms with Gasteiger partial charge in [-0.3, -0.25) is 9.69 Å². The largest absolute Gasteiger partial charge is 0.469 e. The first-order valence-corrected chi connectivity index (χ1v) is 6.92. The molecule has 0 atom stereocenters. The van der Waals surface area contributed by atoms with E-state index in [0.29, 0.717) is 24.1 Å². The number of carbonyl (C=O) groups is 1. The van der Waals surface area contributed by atoms with E-state index in [-0.39, 0.29) is 11.9 Å². The van der Waals surface area contributed by atoms with Crippen LogP contribution in [-0.2, 0) is 16.1 Å². The molecular weight excluding hydrogens is 274 g/mol. The van der Waals surface area contributed by atoms with E-state index in [1.54, 1.807) is 18.4 Å². The molecule has 0 aliphatic carbocycles. The molecule has 3 heterocycles. The minimum Gasteiger partial charge on any atom is -0.469 e. The van der Waals surface area contributed by atoms with Gasteiger partial charge in [-0.2, -0.15) is 0 Å². The zero-order chi connectivity index (χ0) is 14.7. The van der Waals surface area contributed by atoms with E-state index in [4.69, 9.17) is 13.6 Å². The molecule has 0 aromatic carbocycles. The number of nitrogens with zero attached hydrogens (tertiary/aromatic N) is 3. The molecule has 1 aliphatic rings. The first-order chi connectivity index (χ1) is 10.3. The highest BCUT2D eigenvalue weighted by Crippen LogP contribution is 2.22. The van der Waals surface area contributed by atoms with Crippen LogP contribution in [0, 0.1) is 5.92 Å². The van der Waals surface area contributed by atoms with Crippen molar-refractivity contribution in [3.05, 3.63) is 24.3 Å². The Morgan fingerprint density at radius 1 is 1.43 bits per heavy atom. The molecule has 1 saturated heterocycles. The SMILES string of the molecule is COC(=O)C1CCN(Cc2nnc(-c3ccco3)o2)CC1. The Balaban J connectivity index is 1.55. The Hall–Kier alpha value is -2.15. The number of methoxy groups -OCH3 is 1. The summed E-state index contributed by atoms with van der Waals surface area (Å²) in [7, 11) is 1.43. The van der Waals surface area contributed by atoms with Crippen LogP contribution >= 0.6 is 0 Å². The zero-order valence-electron chi connectivity index (χ0n) is 11.8. The van der Waals surface area contributed by atoms with Crippen LogP contribution in [0.1, 0.15) is 18.7 Å². The van der Waals surface area contributed by atoms with Gasteiger partial charge in [0.25, 0.3) is 5.89 Å². The third-order valence-electron chi connectivity index (χ3n) is 3.68. The second-order valence-corrected chi connectivity index (χ2v) is 5.05. The van der Waals surface area contributed by atoms with Gasteiger partial charge in [0, 0.05) is 0 Å². The molecular formula is C14H17N3O4. The van der Waals surface area contributed by atoms with E-state index in [1.807, 2.05) is 0 Å². The standard InChI is InChI=1S/C14H17N3O4/c1-19-14(18)10-4-6-17(7-5-10)9-12-15-16-13(21-12)11-3-2-8-20-11/h2-3,8,10H,4-7,9H2,1H3. The van der Waals surface area contributed by atoms with Gasteiger partial charge >= 0.3 is 5.97 Å². The Kier molecular flexibility index (Phi) is 4.01. The highest BCUT2D eigenvalue weighted by atomic mass is 16.5. The highest BCUT2D eigenvalue weighted by Gasteiger charge is 2.26. The maximum absolute atomic E-state index is 11.5. The van der Waals surface area contributed by atoms with Gasteiger partial charge in [0.1, 0.15) is 0 Å². The number of hydrogen-bond donors (Lipinski definition) is 0. The summed E-state index contributed by atoms with van der Waals surface area (Å²) < 4.78 is 15.6. The fourth-order valence-electron chi connectivity index (χ4n) is 2.50. The number of hydrogen-bond acceptors (Lipinski definition) is 7. The lowest BCUT2D eigenvalue weighted by Gasteiger charge is -2.29. The van der Waals surface area contributed by atoms with Crippen LogP contribution in [0.5, 0.6) is 0 Å². The third-order valence-corrected chi connectivity index (χ3v) is 3.68. The molecule has 21 heavy (non-hydrogen) atoms. The maximum atomic E-state index is 11.5. The lowest BCUT2D eigenvalue weighted by molar-refractivity contribution is -0.147. The smallest absolute Gasteiger partial charge is 0.308 e. The van der Waals surface area contributed by atoms with E-state index >= 15 is 0 Å². The molecule has 0 saturated carbocycles. The molecule has 0 spiro atoms. The Bertz CT molecular complexity index is 585. The van der Waals surface area contributed by atoms with Crippen LogP contribution in [0.2, 0.25) is 0 Å². The Morgan fingerprint density at radius 3 is 2.90 bits per heavy atom. The van der Waals surface area contributed by atoms with Crippen molar-refractivity contribution in [1.29, 1.82) is 0 Å². The van der Waals surface area contributed by atoms with E-state index in [1.165, 1.54) is 7.11 Å². The Labute approximate surface area is 121 Å². The maximum Gasteiger partial charge on any atom is 0.308 e. The Morgan fingerprint density at radius 2 is 2.24 bits per heavy atom. The molecule has 3 rings (SSSR count). The summed E-state index contributed by atoms with van der Waals surface area (Å²) in [5.41, 5.74) is 0. The number of furan rings is 1. The highest BCUT2D eigenvalue weighted by molar-refractivity contribution is 5.72. The molecule has 112 valence electrons. The summed E-state index contributed by atoms with van der Waals surface area (Å²) in [6.45, 7) is 2.22. The van der Waals surface area contributed by atoms with Crippen molar-refractivity contribution < 1.29 is 18.4 Å².